The highest BCUT2D eigenvalue weighted by atomic mass is 19.1. The van der Waals surface area contributed by atoms with Crippen molar-refractivity contribution in [2.45, 2.75) is 43.8 Å². The van der Waals surface area contributed by atoms with E-state index in [1.54, 1.807) is 6.20 Å². The second-order valence-corrected chi connectivity index (χ2v) is 6.72. The van der Waals surface area contributed by atoms with Crippen molar-refractivity contribution >= 4 is 11.8 Å². The minimum absolute atomic E-state index is 0.104. The monoisotopic (exact) mass is 345 g/mol. The van der Waals surface area contributed by atoms with Gasteiger partial charge < -0.3 is 19.8 Å². The number of nitrogens with one attached hydrogen (secondary N) is 2. The van der Waals surface area contributed by atoms with E-state index in [-0.39, 0.29) is 35.6 Å². The van der Waals surface area contributed by atoms with Crippen LogP contribution in [0.5, 0.6) is 0 Å². The zero-order valence-corrected chi connectivity index (χ0v) is 13.9. The lowest BCUT2D eigenvalue weighted by molar-refractivity contribution is -0.138. The van der Waals surface area contributed by atoms with Crippen LogP contribution in [-0.2, 0) is 11.8 Å². The van der Waals surface area contributed by atoms with E-state index in [1.807, 2.05) is 22.7 Å². The molecule has 0 bridgehead atoms. The number of rotatable bonds is 4. The van der Waals surface area contributed by atoms with Crippen molar-refractivity contribution in [3.8, 4) is 0 Å². The van der Waals surface area contributed by atoms with Gasteiger partial charge in [0, 0.05) is 44.2 Å². The number of carbonyl (C=O) groups excluding carboxylic acids is 2. The Kier molecular flexibility index (Phi) is 3.82. The lowest BCUT2D eigenvalue weighted by atomic mass is 9.94. The normalized spacial score (nSPS) is 23.8. The Morgan fingerprint density at radius 3 is 2.80 bits per heavy atom. The van der Waals surface area contributed by atoms with E-state index >= 15 is 0 Å². The first-order valence-electron chi connectivity index (χ1n) is 8.48. The van der Waals surface area contributed by atoms with Gasteiger partial charge in [0.15, 0.2) is 0 Å². The number of aryl methyl sites for hydroxylation is 1. The molecule has 2 aromatic rings. The maximum Gasteiger partial charge on any atom is 0.268 e. The third-order valence-electron chi connectivity index (χ3n) is 4.91. The molecular formula is C17H20FN5O2. The molecule has 0 unspecified atom stereocenters. The topological polar surface area (TPSA) is 83.0 Å². The summed E-state index contributed by atoms with van der Waals surface area (Å²) >= 11 is 0. The van der Waals surface area contributed by atoms with Crippen LogP contribution in [-0.4, -0.2) is 43.3 Å². The molecule has 1 aliphatic carbocycles. The quantitative estimate of drug-likeness (QED) is 0.881. The van der Waals surface area contributed by atoms with Crippen LogP contribution in [0.2, 0.25) is 0 Å². The third-order valence-corrected chi connectivity index (χ3v) is 4.91. The summed E-state index contributed by atoms with van der Waals surface area (Å²) < 4.78 is 15.0. The van der Waals surface area contributed by atoms with Gasteiger partial charge in [-0.05, 0) is 19.3 Å². The van der Waals surface area contributed by atoms with Gasteiger partial charge in [-0.25, -0.2) is 9.37 Å². The Morgan fingerprint density at radius 1 is 1.40 bits per heavy atom. The lowest BCUT2D eigenvalue weighted by Gasteiger charge is -2.41. The van der Waals surface area contributed by atoms with Crippen molar-refractivity contribution in [2.24, 2.45) is 7.05 Å². The van der Waals surface area contributed by atoms with Crippen LogP contribution in [0.25, 0.3) is 0 Å². The highest BCUT2D eigenvalue weighted by molar-refractivity contribution is 5.92. The largest absolute Gasteiger partial charge is 0.355 e. The fourth-order valence-corrected chi connectivity index (χ4v) is 3.56. The molecule has 0 radical (unpaired) electrons. The zero-order valence-electron chi connectivity index (χ0n) is 13.9. The van der Waals surface area contributed by atoms with Crippen molar-refractivity contribution < 1.29 is 14.0 Å². The Bertz CT molecular complexity index is 810. The Balaban J connectivity index is 1.63. The lowest BCUT2D eigenvalue weighted by Crippen LogP contribution is -2.53. The number of likely N-dealkylation sites (tertiary alicyclic amines) is 1. The number of H-pyrrole nitrogens is 1. The molecule has 2 amide bonds. The zero-order chi connectivity index (χ0) is 17.6. The SMILES string of the molecule is Cn1ccnc1[C@H]1[C@H](NC(=O)c2cc(F)c[nH]2)CCC(=O)N1C1CC1. The van der Waals surface area contributed by atoms with Crippen molar-refractivity contribution in [3.05, 3.63) is 42.0 Å². The molecule has 3 heterocycles. The number of hydrogen-bond donors (Lipinski definition) is 2. The van der Waals surface area contributed by atoms with Crippen LogP contribution in [0.4, 0.5) is 4.39 Å². The van der Waals surface area contributed by atoms with E-state index in [0.29, 0.717) is 12.8 Å². The van der Waals surface area contributed by atoms with Crippen LogP contribution in [0.1, 0.15) is 48.0 Å². The first-order chi connectivity index (χ1) is 12.0. The summed E-state index contributed by atoms with van der Waals surface area (Å²) in [5, 5.41) is 2.96. The summed E-state index contributed by atoms with van der Waals surface area (Å²) in [6.45, 7) is 0. The van der Waals surface area contributed by atoms with E-state index in [2.05, 4.69) is 15.3 Å². The Labute approximate surface area is 144 Å². The van der Waals surface area contributed by atoms with E-state index in [1.165, 1.54) is 0 Å². The smallest absolute Gasteiger partial charge is 0.268 e. The molecular weight excluding hydrogens is 325 g/mol. The predicted octanol–water partition coefficient (Wildman–Crippen LogP) is 1.51. The van der Waals surface area contributed by atoms with Gasteiger partial charge in [-0.1, -0.05) is 0 Å². The van der Waals surface area contributed by atoms with Crippen molar-refractivity contribution in [1.82, 2.24) is 24.8 Å². The molecule has 2 atom stereocenters. The number of imidazole rings is 1. The summed E-state index contributed by atoms with van der Waals surface area (Å²) in [6.07, 6.45) is 7.56. The van der Waals surface area contributed by atoms with Gasteiger partial charge in [0.1, 0.15) is 23.4 Å². The van der Waals surface area contributed by atoms with Crippen molar-refractivity contribution in [2.75, 3.05) is 0 Å². The number of amides is 2. The number of aromatic nitrogens is 3. The van der Waals surface area contributed by atoms with Crippen molar-refractivity contribution in [1.29, 1.82) is 0 Å². The van der Waals surface area contributed by atoms with Gasteiger partial charge in [0.05, 0.1) is 6.04 Å². The first-order valence-corrected chi connectivity index (χ1v) is 8.48. The molecule has 2 N–H and O–H groups in total. The van der Waals surface area contributed by atoms with Gasteiger partial charge in [0.2, 0.25) is 5.91 Å². The summed E-state index contributed by atoms with van der Waals surface area (Å²) in [5.41, 5.74) is 0.172. The van der Waals surface area contributed by atoms with Crippen LogP contribution in [0.15, 0.2) is 24.7 Å². The first kappa shape index (κ1) is 15.9. The average molecular weight is 345 g/mol. The van der Waals surface area contributed by atoms with Crippen LogP contribution in [0, 0.1) is 5.82 Å². The number of aromatic amines is 1. The van der Waals surface area contributed by atoms with E-state index in [9.17, 15) is 14.0 Å². The highest BCUT2D eigenvalue weighted by Gasteiger charge is 2.46. The van der Waals surface area contributed by atoms with Crippen molar-refractivity contribution in [3.63, 3.8) is 0 Å². The average Bonchev–Trinajstić information content (AvgIpc) is 3.18. The molecule has 2 aromatic heterocycles. The van der Waals surface area contributed by atoms with Gasteiger partial charge in [-0.2, -0.15) is 0 Å². The third kappa shape index (κ3) is 2.92. The number of piperidine rings is 1. The van der Waals surface area contributed by atoms with E-state index < -0.39 is 5.82 Å². The molecule has 2 fully saturated rings. The summed E-state index contributed by atoms with van der Waals surface area (Å²) in [6, 6.07) is 0.810. The molecule has 1 saturated carbocycles. The summed E-state index contributed by atoms with van der Waals surface area (Å²) in [7, 11) is 1.88. The standard InChI is InChI=1S/C17H20FN5O2/c1-22-7-6-19-16(22)15-12(4-5-14(24)23(15)11-2-3-11)21-17(25)13-8-10(18)9-20-13/h6-9,11-12,15,20H,2-5H2,1H3,(H,21,25)/t12-,15-/m1/s1. The number of nitrogens with zero attached hydrogens (tertiary/aromatic N) is 3. The van der Waals surface area contributed by atoms with Crippen LogP contribution in [0.3, 0.4) is 0 Å². The predicted molar refractivity (Wildman–Crippen MR) is 87.1 cm³/mol. The molecule has 2 aliphatic rings. The fraction of sp³-hybridized carbons (Fsp3) is 0.471. The van der Waals surface area contributed by atoms with Crippen LogP contribution >= 0.6 is 0 Å². The number of halogens is 1. The van der Waals surface area contributed by atoms with Gasteiger partial charge in [0.25, 0.3) is 5.91 Å². The van der Waals surface area contributed by atoms with Gasteiger partial charge in [-0.15, -0.1) is 0 Å². The molecule has 132 valence electrons. The number of hydrogen-bond acceptors (Lipinski definition) is 3. The van der Waals surface area contributed by atoms with Gasteiger partial charge >= 0.3 is 0 Å². The fourth-order valence-electron chi connectivity index (χ4n) is 3.56. The Hall–Kier alpha value is -2.64. The maximum absolute atomic E-state index is 13.2. The second-order valence-electron chi connectivity index (χ2n) is 6.72. The Morgan fingerprint density at radius 2 is 2.20 bits per heavy atom. The minimum Gasteiger partial charge on any atom is -0.355 e. The maximum atomic E-state index is 13.2. The molecule has 4 rings (SSSR count). The summed E-state index contributed by atoms with van der Waals surface area (Å²) in [5.74, 6) is -0.00253. The molecule has 0 aromatic carbocycles. The molecule has 0 spiro atoms. The minimum atomic E-state index is -0.482. The molecule has 8 heteroatoms. The molecule has 1 aliphatic heterocycles. The molecule has 7 nitrogen and oxygen atoms in total. The van der Waals surface area contributed by atoms with E-state index in [0.717, 1.165) is 30.9 Å². The molecule has 1 saturated heterocycles. The van der Waals surface area contributed by atoms with Crippen LogP contribution < -0.4 is 5.32 Å². The number of carbonyl (C=O) groups is 2. The van der Waals surface area contributed by atoms with Gasteiger partial charge in [-0.3, -0.25) is 9.59 Å². The second kappa shape index (κ2) is 6.02. The van der Waals surface area contributed by atoms with E-state index in [4.69, 9.17) is 0 Å². The molecule has 25 heavy (non-hydrogen) atoms. The highest BCUT2D eigenvalue weighted by Crippen LogP contribution is 2.40. The summed E-state index contributed by atoms with van der Waals surface area (Å²) in [4.78, 5) is 33.9.